The van der Waals surface area contributed by atoms with Gasteiger partial charge in [-0.2, -0.15) is 4.98 Å². The lowest BCUT2D eigenvalue weighted by Crippen LogP contribution is -2.40. The molecule has 0 aliphatic heterocycles. The van der Waals surface area contributed by atoms with Gasteiger partial charge >= 0.3 is 6.03 Å². The van der Waals surface area contributed by atoms with E-state index in [1.54, 1.807) is 26.8 Å². The fourth-order valence-electron chi connectivity index (χ4n) is 2.59. The number of halogens is 2. The van der Waals surface area contributed by atoms with Crippen LogP contribution in [0, 0.1) is 11.6 Å². The number of hydrogen-bond donors (Lipinski definition) is 3. The maximum atomic E-state index is 14.0. The van der Waals surface area contributed by atoms with Crippen molar-refractivity contribution in [3.63, 3.8) is 0 Å². The molecule has 2 aromatic carbocycles. The number of carbonyl (C=O) groups excluding carboxylic acids is 1. The SMILES string of the molecule is CC(Nc1nccc(N(C(=O)Nc2ccccc2F)c2ccc(F)cc2)n1)C(C)(C)O. The molecule has 0 spiro atoms. The average molecular weight is 427 g/mol. The van der Waals surface area contributed by atoms with Gasteiger partial charge in [0.05, 0.1) is 23.0 Å². The normalized spacial score (nSPS) is 12.2. The van der Waals surface area contributed by atoms with Gasteiger partial charge in [-0.05, 0) is 57.2 Å². The number of amides is 2. The summed E-state index contributed by atoms with van der Waals surface area (Å²) in [5.41, 5.74) is -0.740. The number of nitrogens with zero attached hydrogens (tertiary/aromatic N) is 3. The summed E-state index contributed by atoms with van der Waals surface area (Å²) in [7, 11) is 0. The van der Waals surface area contributed by atoms with Crippen molar-refractivity contribution in [2.75, 3.05) is 15.5 Å². The number of benzene rings is 2. The van der Waals surface area contributed by atoms with Crippen LogP contribution in [0.25, 0.3) is 0 Å². The lowest BCUT2D eigenvalue weighted by molar-refractivity contribution is 0.0646. The molecule has 0 aliphatic rings. The highest BCUT2D eigenvalue weighted by Crippen LogP contribution is 2.26. The maximum absolute atomic E-state index is 14.0. The molecule has 7 nitrogen and oxygen atoms in total. The number of urea groups is 1. The molecule has 3 aromatic rings. The fraction of sp³-hybridized carbons (Fsp3) is 0.227. The summed E-state index contributed by atoms with van der Waals surface area (Å²) >= 11 is 0. The summed E-state index contributed by atoms with van der Waals surface area (Å²) < 4.78 is 27.5. The van der Waals surface area contributed by atoms with Crippen molar-refractivity contribution in [1.82, 2.24) is 9.97 Å². The molecule has 0 fully saturated rings. The molecule has 0 saturated heterocycles. The van der Waals surface area contributed by atoms with E-state index in [0.717, 1.165) is 0 Å². The maximum Gasteiger partial charge on any atom is 0.332 e. The average Bonchev–Trinajstić information content (AvgIpc) is 2.71. The Morgan fingerprint density at radius 3 is 2.42 bits per heavy atom. The molecule has 0 aliphatic carbocycles. The van der Waals surface area contributed by atoms with Crippen molar-refractivity contribution in [3.8, 4) is 0 Å². The highest BCUT2D eigenvalue weighted by Gasteiger charge is 2.25. The van der Waals surface area contributed by atoms with Gasteiger partial charge in [0.2, 0.25) is 5.95 Å². The van der Waals surface area contributed by atoms with Crippen LogP contribution in [0.4, 0.5) is 36.7 Å². The van der Waals surface area contributed by atoms with Gasteiger partial charge < -0.3 is 15.7 Å². The van der Waals surface area contributed by atoms with Gasteiger partial charge in [0.15, 0.2) is 0 Å². The number of carbonyl (C=O) groups is 1. The molecule has 1 atom stereocenters. The van der Waals surface area contributed by atoms with E-state index >= 15 is 0 Å². The Labute approximate surface area is 178 Å². The number of para-hydroxylation sites is 1. The first-order valence-corrected chi connectivity index (χ1v) is 9.58. The van der Waals surface area contributed by atoms with Crippen LogP contribution in [0.15, 0.2) is 60.8 Å². The smallest absolute Gasteiger partial charge is 0.332 e. The van der Waals surface area contributed by atoms with Gasteiger partial charge in [0.1, 0.15) is 17.5 Å². The molecule has 1 unspecified atom stereocenters. The first-order chi connectivity index (χ1) is 14.6. The number of aromatic nitrogens is 2. The van der Waals surface area contributed by atoms with Crippen LogP contribution in [0.2, 0.25) is 0 Å². The van der Waals surface area contributed by atoms with E-state index in [2.05, 4.69) is 20.6 Å². The molecule has 9 heteroatoms. The zero-order chi connectivity index (χ0) is 22.6. The van der Waals surface area contributed by atoms with Crippen molar-refractivity contribution in [2.45, 2.75) is 32.4 Å². The monoisotopic (exact) mass is 427 g/mol. The van der Waals surface area contributed by atoms with Gasteiger partial charge in [0, 0.05) is 12.3 Å². The van der Waals surface area contributed by atoms with E-state index in [-0.39, 0.29) is 17.5 Å². The number of anilines is 4. The van der Waals surface area contributed by atoms with Gasteiger partial charge in [-0.3, -0.25) is 0 Å². The molecule has 2 amide bonds. The molecule has 0 bridgehead atoms. The van der Waals surface area contributed by atoms with Crippen molar-refractivity contribution in [3.05, 3.63) is 72.4 Å². The summed E-state index contributed by atoms with van der Waals surface area (Å²) in [4.78, 5) is 22.7. The van der Waals surface area contributed by atoms with Gasteiger partial charge in [0.25, 0.3) is 0 Å². The summed E-state index contributed by atoms with van der Waals surface area (Å²) in [6.45, 7) is 5.04. The molecule has 0 radical (unpaired) electrons. The zero-order valence-corrected chi connectivity index (χ0v) is 17.3. The fourth-order valence-corrected chi connectivity index (χ4v) is 2.59. The van der Waals surface area contributed by atoms with Crippen LogP contribution in [0.5, 0.6) is 0 Å². The minimum Gasteiger partial charge on any atom is -0.388 e. The Morgan fingerprint density at radius 1 is 1.10 bits per heavy atom. The van der Waals surface area contributed by atoms with Crippen LogP contribution in [-0.4, -0.2) is 32.7 Å². The summed E-state index contributed by atoms with van der Waals surface area (Å²) in [6.07, 6.45) is 1.44. The third-order valence-corrected chi connectivity index (χ3v) is 4.68. The van der Waals surface area contributed by atoms with E-state index in [4.69, 9.17) is 0 Å². The van der Waals surface area contributed by atoms with Gasteiger partial charge in [-0.15, -0.1) is 0 Å². The number of nitrogens with one attached hydrogen (secondary N) is 2. The number of rotatable bonds is 6. The molecule has 0 saturated carbocycles. The Hall–Kier alpha value is -3.59. The minimum absolute atomic E-state index is 0.0114. The molecule has 31 heavy (non-hydrogen) atoms. The standard InChI is InChI=1S/C22H23F2N5O2/c1-14(22(2,3)31)26-20-25-13-12-19(28-20)29(16-10-8-15(23)9-11-16)21(30)27-18-7-5-4-6-17(18)24/h4-14,31H,1-3H3,(H,27,30)(H,25,26,28). The highest BCUT2D eigenvalue weighted by atomic mass is 19.1. The second-order valence-corrected chi connectivity index (χ2v) is 7.48. The largest absolute Gasteiger partial charge is 0.388 e. The van der Waals surface area contributed by atoms with E-state index in [0.29, 0.717) is 5.69 Å². The van der Waals surface area contributed by atoms with E-state index in [9.17, 15) is 18.7 Å². The van der Waals surface area contributed by atoms with Gasteiger partial charge in [-0.25, -0.2) is 23.5 Å². The van der Waals surface area contributed by atoms with Gasteiger partial charge in [-0.1, -0.05) is 12.1 Å². The van der Waals surface area contributed by atoms with Crippen molar-refractivity contribution < 1.29 is 18.7 Å². The second-order valence-electron chi connectivity index (χ2n) is 7.48. The van der Waals surface area contributed by atoms with Crippen molar-refractivity contribution in [2.24, 2.45) is 0 Å². The number of aliphatic hydroxyl groups is 1. The predicted molar refractivity (Wildman–Crippen MR) is 115 cm³/mol. The van der Waals surface area contributed by atoms with Crippen LogP contribution in [0.3, 0.4) is 0 Å². The molecule has 162 valence electrons. The highest BCUT2D eigenvalue weighted by molar-refractivity contribution is 6.06. The summed E-state index contributed by atoms with van der Waals surface area (Å²) in [5.74, 6) is -0.722. The van der Waals surface area contributed by atoms with Crippen molar-refractivity contribution >= 4 is 29.2 Å². The molecule has 1 aromatic heterocycles. The van der Waals surface area contributed by atoms with Crippen LogP contribution in [0.1, 0.15) is 20.8 Å². The summed E-state index contributed by atoms with van der Waals surface area (Å²) in [5, 5.41) is 15.6. The van der Waals surface area contributed by atoms with Crippen LogP contribution in [-0.2, 0) is 0 Å². The van der Waals surface area contributed by atoms with E-state index in [1.165, 1.54) is 59.6 Å². The third kappa shape index (κ3) is 5.52. The number of hydrogen-bond acceptors (Lipinski definition) is 5. The lowest BCUT2D eigenvalue weighted by Gasteiger charge is -2.27. The summed E-state index contributed by atoms with van der Waals surface area (Å²) in [6, 6.07) is 11.4. The first-order valence-electron chi connectivity index (χ1n) is 9.58. The zero-order valence-electron chi connectivity index (χ0n) is 17.3. The Balaban J connectivity index is 1.97. The van der Waals surface area contributed by atoms with Crippen molar-refractivity contribution in [1.29, 1.82) is 0 Å². The lowest BCUT2D eigenvalue weighted by atomic mass is 10.0. The first kappa shape index (κ1) is 22.1. The quantitative estimate of drug-likeness (QED) is 0.531. The Morgan fingerprint density at radius 2 is 1.77 bits per heavy atom. The van der Waals surface area contributed by atoms with Crippen LogP contribution >= 0.6 is 0 Å². The van der Waals surface area contributed by atoms with E-state index < -0.39 is 29.3 Å². The predicted octanol–water partition coefficient (Wildman–Crippen LogP) is 4.70. The topological polar surface area (TPSA) is 90.4 Å². The Bertz CT molecular complexity index is 1050. The minimum atomic E-state index is -1.04. The molecule has 3 rings (SSSR count). The molecule has 3 N–H and O–H groups in total. The molecular formula is C22H23F2N5O2. The molecule has 1 heterocycles. The van der Waals surface area contributed by atoms with Crippen LogP contribution < -0.4 is 15.5 Å². The molecular weight excluding hydrogens is 404 g/mol. The Kier molecular flexibility index (Phi) is 6.45. The van der Waals surface area contributed by atoms with E-state index in [1.807, 2.05) is 0 Å². The third-order valence-electron chi connectivity index (χ3n) is 4.68. The second kappa shape index (κ2) is 9.05.